The molecule has 1 saturated carbocycles. The Morgan fingerprint density at radius 2 is 2.16 bits per heavy atom. The second kappa shape index (κ2) is 6.86. The number of nitrogens with zero attached hydrogens (tertiary/aromatic N) is 4. The van der Waals surface area contributed by atoms with E-state index in [1.807, 2.05) is 6.92 Å². The minimum Gasteiger partial charge on any atom is -0.396 e. The predicted molar refractivity (Wildman–Crippen MR) is 75.7 cm³/mol. The van der Waals surface area contributed by atoms with Gasteiger partial charge < -0.3 is 15.3 Å². The molecular formula is C12H20ClN5O. The zero-order valence-corrected chi connectivity index (χ0v) is 11.9. The molecule has 0 spiro atoms. The van der Waals surface area contributed by atoms with Gasteiger partial charge >= 0.3 is 0 Å². The molecule has 0 saturated heterocycles. The van der Waals surface area contributed by atoms with Gasteiger partial charge in [0.2, 0.25) is 17.2 Å². The number of aliphatic hydroxyl groups is 1. The Morgan fingerprint density at radius 1 is 1.37 bits per heavy atom. The van der Waals surface area contributed by atoms with Crippen LogP contribution in [0.4, 0.5) is 11.9 Å². The van der Waals surface area contributed by atoms with Crippen LogP contribution in [0.2, 0.25) is 5.28 Å². The summed E-state index contributed by atoms with van der Waals surface area (Å²) in [6.07, 6.45) is 4.23. The van der Waals surface area contributed by atoms with Gasteiger partial charge in [-0.3, -0.25) is 0 Å². The standard InChI is InChI=1S/C12H20ClN5O/c1-2-14-11-15-10(13)16-12(17-11)18(7-4-8-19)9-5-3-6-9/h9,19H,2-8H2,1H3,(H,14,15,16,17). The normalized spacial score (nSPS) is 15.1. The van der Waals surface area contributed by atoms with Crippen LogP contribution in [0.15, 0.2) is 0 Å². The Kier molecular flexibility index (Phi) is 5.15. The third-order valence-corrected chi connectivity index (χ3v) is 3.43. The van der Waals surface area contributed by atoms with Gasteiger partial charge in [-0.05, 0) is 44.2 Å². The number of hydrogen-bond acceptors (Lipinski definition) is 6. The fraction of sp³-hybridized carbons (Fsp3) is 0.750. The minimum absolute atomic E-state index is 0.169. The fourth-order valence-electron chi connectivity index (χ4n) is 2.09. The lowest BCUT2D eigenvalue weighted by atomic mass is 9.91. The Labute approximate surface area is 118 Å². The molecule has 1 aromatic heterocycles. The van der Waals surface area contributed by atoms with E-state index in [4.69, 9.17) is 16.7 Å². The third-order valence-electron chi connectivity index (χ3n) is 3.26. The molecule has 1 heterocycles. The van der Waals surface area contributed by atoms with Crippen LogP contribution in [0.1, 0.15) is 32.6 Å². The zero-order chi connectivity index (χ0) is 13.7. The second-order valence-corrected chi connectivity index (χ2v) is 4.95. The molecule has 1 aliphatic rings. The number of aliphatic hydroxyl groups excluding tert-OH is 1. The van der Waals surface area contributed by atoms with E-state index >= 15 is 0 Å². The molecule has 2 rings (SSSR count). The van der Waals surface area contributed by atoms with E-state index in [1.165, 1.54) is 6.42 Å². The average Bonchev–Trinajstić information content (AvgIpc) is 2.31. The molecule has 1 aliphatic carbocycles. The first-order valence-corrected chi connectivity index (χ1v) is 7.15. The monoisotopic (exact) mass is 285 g/mol. The van der Waals surface area contributed by atoms with Crippen molar-refractivity contribution in [3.05, 3.63) is 5.28 Å². The molecule has 0 bridgehead atoms. The molecule has 7 heteroatoms. The molecule has 0 aliphatic heterocycles. The second-order valence-electron chi connectivity index (χ2n) is 4.61. The highest BCUT2D eigenvalue weighted by Gasteiger charge is 2.27. The van der Waals surface area contributed by atoms with E-state index in [1.54, 1.807) is 0 Å². The smallest absolute Gasteiger partial charge is 0.231 e. The summed E-state index contributed by atoms with van der Waals surface area (Å²) >= 11 is 5.95. The van der Waals surface area contributed by atoms with Gasteiger partial charge in [0.05, 0.1) is 0 Å². The van der Waals surface area contributed by atoms with Gasteiger partial charge in [0.15, 0.2) is 0 Å². The molecule has 2 N–H and O–H groups in total. The van der Waals surface area contributed by atoms with Gasteiger partial charge in [0.1, 0.15) is 0 Å². The molecule has 106 valence electrons. The van der Waals surface area contributed by atoms with Crippen LogP contribution < -0.4 is 10.2 Å². The summed E-state index contributed by atoms with van der Waals surface area (Å²) < 4.78 is 0. The Hall–Kier alpha value is -1.14. The highest BCUT2D eigenvalue weighted by atomic mass is 35.5. The summed E-state index contributed by atoms with van der Waals surface area (Å²) in [7, 11) is 0. The van der Waals surface area contributed by atoms with Crippen molar-refractivity contribution in [1.82, 2.24) is 15.0 Å². The molecule has 0 aromatic carbocycles. The van der Waals surface area contributed by atoms with E-state index in [-0.39, 0.29) is 11.9 Å². The van der Waals surface area contributed by atoms with E-state index in [0.717, 1.165) is 25.9 Å². The van der Waals surface area contributed by atoms with Crippen LogP contribution in [0.3, 0.4) is 0 Å². The van der Waals surface area contributed by atoms with Crippen LogP contribution in [-0.4, -0.2) is 45.8 Å². The van der Waals surface area contributed by atoms with E-state index in [0.29, 0.717) is 24.4 Å². The summed E-state index contributed by atoms with van der Waals surface area (Å²) in [5.74, 6) is 1.11. The number of nitrogens with one attached hydrogen (secondary N) is 1. The summed E-state index contributed by atoms with van der Waals surface area (Å²) in [5.41, 5.74) is 0. The van der Waals surface area contributed by atoms with Gasteiger partial charge in [-0.1, -0.05) is 0 Å². The largest absolute Gasteiger partial charge is 0.396 e. The molecular weight excluding hydrogens is 266 g/mol. The van der Waals surface area contributed by atoms with Gasteiger partial charge in [-0.15, -0.1) is 0 Å². The fourth-order valence-corrected chi connectivity index (χ4v) is 2.25. The average molecular weight is 286 g/mol. The Balaban J connectivity index is 2.18. The molecule has 0 amide bonds. The van der Waals surface area contributed by atoms with Crippen LogP contribution in [0, 0.1) is 0 Å². The topological polar surface area (TPSA) is 74.2 Å². The lowest BCUT2D eigenvalue weighted by molar-refractivity contribution is 0.282. The molecule has 0 unspecified atom stereocenters. The number of anilines is 2. The molecule has 1 fully saturated rings. The van der Waals surface area contributed by atoms with Crippen molar-refractivity contribution in [1.29, 1.82) is 0 Å². The van der Waals surface area contributed by atoms with Gasteiger partial charge in [0.25, 0.3) is 0 Å². The quantitative estimate of drug-likeness (QED) is 0.794. The Bertz CT molecular complexity index is 413. The number of rotatable bonds is 7. The van der Waals surface area contributed by atoms with Crippen LogP contribution in [0.5, 0.6) is 0 Å². The maximum absolute atomic E-state index is 9.01. The maximum atomic E-state index is 9.01. The van der Waals surface area contributed by atoms with E-state index < -0.39 is 0 Å². The number of aromatic nitrogens is 3. The Morgan fingerprint density at radius 3 is 2.74 bits per heavy atom. The maximum Gasteiger partial charge on any atom is 0.231 e. The molecule has 1 aromatic rings. The van der Waals surface area contributed by atoms with E-state index in [2.05, 4.69) is 25.2 Å². The van der Waals surface area contributed by atoms with Gasteiger partial charge in [-0.2, -0.15) is 15.0 Å². The van der Waals surface area contributed by atoms with Crippen molar-refractivity contribution < 1.29 is 5.11 Å². The van der Waals surface area contributed by atoms with Gasteiger partial charge in [0, 0.05) is 25.7 Å². The van der Waals surface area contributed by atoms with Crippen molar-refractivity contribution in [2.45, 2.75) is 38.6 Å². The summed E-state index contributed by atoms with van der Waals surface area (Å²) in [4.78, 5) is 14.8. The summed E-state index contributed by atoms with van der Waals surface area (Å²) in [6.45, 7) is 3.63. The first kappa shape index (κ1) is 14.3. The van der Waals surface area contributed by atoms with Crippen molar-refractivity contribution in [2.24, 2.45) is 0 Å². The minimum atomic E-state index is 0.169. The first-order valence-electron chi connectivity index (χ1n) is 6.77. The van der Waals surface area contributed by atoms with Gasteiger partial charge in [-0.25, -0.2) is 0 Å². The lowest BCUT2D eigenvalue weighted by Crippen LogP contribution is -2.42. The molecule has 0 atom stereocenters. The zero-order valence-electron chi connectivity index (χ0n) is 11.1. The first-order chi connectivity index (χ1) is 9.24. The molecule has 0 radical (unpaired) electrons. The van der Waals surface area contributed by atoms with Crippen molar-refractivity contribution in [3.63, 3.8) is 0 Å². The lowest BCUT2D eigenvalue weighted by Gasteiger charge is -2.37. The summed E-state index contributed by atoms with van der Waals surface area (Å²) in [5, 5.41) is 12.3. The molecule has 6 nitrogen and oxygen atoms in total. The van der Waals surface area contributed by atoms with Crippen LogP contribution in [0.25, 0.3) is 0 Å². The van der Waals surface area contributed by atoms with Crippen LogP contribution >= 0.6 is 11.6 Å². The molecule has 19 heavy (non-hydrogen) atoms. The van der Waals surface area contributed by atoms with E-state index in [9.17, 15) is 0 Å². The van der Waals surface area contributed by atoms with Crippen molar-refractivity contribution >= 4 is 23.5 Å². The highest BCUT2D eigenvalue weighted by molar-refractivity contribution is 6.28. The third kappa shape index (κ3) is 3.67. The highest BCUT2D eigenvalue weighted by Crippen LogP contribution is 2.28. The number of hydrogen-bond donors (Lipinski definition) is 2. The predicted octanol–water partition coefficient (Wildman–Crippen LogP) is 1.70. The van der Waals surface area contributed by atoms with Crippen LogP contribution in [-0.2, 0) is 0 Å². The van der Waals surface area contributed by atoms with Crippen molar-refractivity contribution in [3.8, 4) is 0 Å². The summed E-state index contributed by atoms with van der Waals surface area (Å²) in [6, 6.07) is 0.458. The number of halogens is 1. The SMILES string of the molecule is CCNc1nc(Cl)nc(N(CCCO)C2CCC2)n1. The van der Waals surface area contributed by atoms with Crippen molar-refractivity contribution in [2.75, 3.05) is 29.9 Å².